The lowest BCUT2D eigenvalue weighted by Gasteiger charge is -2.19. The maximum Gasteiger partial charge on any atom is -0.0383 e. The molecule has 0 heterocycles. The molecular weight excluding hydrogens is 156 g/mol. The highest BCUT2D eigenvalue weighted by molar-refractivity contribution is 4.84. The summed E-state index contributed by atoms with van der Waals surface area (Å²) < 4.78 is 0. The zero-order valence-corrected chi connectivity index (χ0v) is 10.0. The highest BCUT2D eigenvalue weighted by Gasteiger charge is 2.34. The van der Waals surface area contributed by atoms with E-state index in [2.05, 4.69) is 34.6 Å². The number of hydrogen-bond acceptors (Lipinski definition) is 0. The van der Waals surface area contributed by atoms with Gasteiger partial charge in [0, 0.05) is 0 Å². The van der Waals surface area contributed by atoms with Crippen molar-refractivity contribution in [2.24, 2.45) is 29.6 Å². The second-order valence-corrected chi connectivity index (χ2v) is 5.66. The van der Waals surface area contributed by atoms with Gasteiger partial charge in [-0.05, 0) is 42.4 Å². The molecule has 1 saturated carbocycles. The van der Waals surface area contributed by atoms with Crippen molar-refractivity contribution >= 4 is 0 Å². The molecule has 4 atom stereocenters. The Balaban J connectivity index is 2.35. The molecule has 1 aliphatic rings. The van der Waals surface area contributed by atoms with Crippen molar-refractivity contribution in [2.45, 2.75) is 53.9 Å². The third-order valence-corrected chi connectivity index (χ3v) is 4.26. The molecular formula is C13H26. The summed E-state index contributed by atoms with van der Waals surface area (Å²) in [4.78, 5) is 0. The average Bonchev–Trinajstić information content (AvgIpc) is 2.29. The van der Waals surface area contributed by atoms with Crippen LogP contribution in [0.3, 0.4) is 0 Å². The summed E-state index contributed by atoms with van der Waals surface area (Å²) in [6.07, 6.45) is 4.37. The second-order valence-electron chi connectivity index (χ2n) is 5.66. The standard InChI is InChI=1S/C13H26/c1-9(2)6-7-13-8-10(3)11(4)12(13)5/h9-13H,6-8H2,1-5H3. The predicted molar refractivity (Wildman–Crippen MR) is 59.7 cm³/mol. The van der Waals surface area contributed by atoms with E-state index < -0.39 is 0 Å². The topological polar surface area (TPSA) is 0 Å². The third-order valence-electron chi connectivity index (χ3n) is 4.26. The van der Waals surface area contributed by atoms with Gasteiger partial charge < -0.3 is 0 Å². The van der Waals surface area contributed by atoms with E-state index in [0.29, 0.717) is 0 Å². The van der Waals surface area contributed by atoms with Crippen LogP contribution >= 0.6 is 0 Å². The van der Waals surface area contributed by atoms with Gasteiger partial charge in [0.05, 0.1) is 0 Å². The minimum Gasteiger partial charge on any atom is -0.0628 e. The lowest BCUT2D eigenvalue weighted by atomic mass is 9.87. The van der Waals surface area contributed by atoms with Crippen LogP contribution in [0.2, 0.25) is 0 Å². The quantitative estimate of drug-likeness (QED) is 0.608. The Labute approximate surface area is 84.1 Å². The first-order chi connectivity index (χ1) is 6.02. The van der Waals surface area contributed by atoms with Crippen molar-refractivity contribution in [3.63, 3.8) is 0 Å². The van der Waals surface area contributed by atoms with Crippen molar-refractivity contribution in [2.75, 3.05) is 0 Å². The molecule has 0 amide bonds. The van der Waals surface area contributed by atoms with Crippen LogP contribution in [0.4, 0.5) is 0 Å². The van der Waals surface area contributed by atoms with Gasteiger partial charge in [-0.3, -0.25) is 0 Å². The molecule has 1 fully saturated rings. The fraction of sp³-hybridized carbons (Fsp3) is 1.00. The molecule has 0 aromatic carbocycles. The van der Waals surface area contributed by atoms with Gasteiger partial charge in [-0.25, -0.2) is 0 Å². The molecule has 0 N–H and O–H groups in total. The molecule has 0 radical (unpaired) electrons. The van der Waals surface area contributed by atoms with E-state index in [-0.39, 0.29) is 0 Å². The molecule has 0 aliphatic heterocycles. The van der Waals surface area contributed by atoms with Gasteiger partial charge in [-0.15, -0.1) is 0 Å². The van der Waals surface area contributed by atoms with E-state index in [9.17, 15) is 0 Å². The van der Waals surface area contributed by atoms with Crippen LogP contribution in [0, 0.1) is 29.6 Å². The van der Waals surface area contributed by atoms with Crippen LogP contribution in [-0.4, -0.2) is 0 Å². The molecule has 0 aromatic rings. The third kappa shape index (κ3) is 2.72. The Morgan fingerprint density at radius 3 is 2.08 bits per heavy atom. The molecule has 0 spiro atoms. The van der Waals surface area contributed by atoms with Crippen molar-refractivity contribution in [3.05, 3.63) is 0 Å². The van der Waals surface area contributed by atoms with Crippen molar-refractivity contribution in [1.29, 1.82) is 0 Å². The van der Waals surface area contributed by atoms with E-state index in [0.717, 1.165) is 29.6 Å². The summed E-state index contributed by atoms with van der Waals surface area (Å²) in [5.41, 5.74) is 0. The minimum atomic E-state index is 0.887. The Kier molecular flexibility index (Phi) is 3.82. The van der Waals surface area contributed by atoms with Crippen molar-refractivity contribution < 1.29 is 0 Å². The lowest BCUT2D eigenvalue weighted by Crippen LogP contribution is -2.10. The monoisotopic (exact) mass is 182 g/mol. The SMILES string of the molecule is CC(C)CCC1CC(C)C(C)C1C. The smallest absolute Gasteiger partial charge is 0.0383 e. The summed E-state index contributed by atoms with van der Waals surface area (Å²) in [6.45, 7) is 12.0. The maximum atomic E-state index is 2.46. The summed E-state index contributed by atoms with van der Waals surface area (Å²) in [6, 6.07) is 0. The van der Waals surface area contributed by atoms with Crippen LogP contribution in [0.1, 0.15) is 53.9 Å². The van der Waals surface area contributed by atoms with Gasteiger partial charge >= 0.3 is 0 Å². The molecule has 1 rings (SSSR count). The Morgan fingerprint density at radius 1 is 1.08 bits per heavy atom. The second kappa shape index (κ2) is 4.48. The van der Waals surface area contributed by atoms with Gasteiger partial charge in [-0.2, -0.15) is 0 Å². The van der Waals surface area contributed by atoms with Crippen molar-refractivity contribution in [3.8, 4) is 0 Å². The summed E-state index contributed by atoms with van der Waals surface area (Å²) in [5, 5.41) is 0. The fourth-order valence-electron chi connectivity index (χ4n) is 2.78. The first-order valence-corrected chi connectivity index (χ1v) is 6.02. The fourth-order valence-corrected chi connectivity index (χ4v) is 2.78. The first-order valence-electron chi connectivity index (χ1n) is 6.02. The minimum absolute atomic E-state index is 0.887. The zero-order valence-electron chi connectivity index (χ0n) is 10.0. The molecule has 0 saturated heterocycles. The highest BCUT2D eigenvalue weighted by Crippen LogP contribution is 2.43. The zero-order chi connectivity index (χ0) is 10.0. The van der Waals surface area contributed by atoms with Crippen molar-refractivity contribution in [1.82, 2.24) is 0 Å². The Hall–Kier alpha value is 0. The van der Waals surface area contributed by atoms with Crippen LogP contribution in [0.15, 0.2) is 0 Å². The first kappa shape index (κ1) is 11.1. The molecule has 0 aromatic heterocycles. The molecule has 0 nitrogen and oxygen atoms in total. The molecule has 4 unspecified atom stereocenters. The molecule has 0 bridgehead atoms. The van der Waals surface area contributed by atoms with Gasteiger partial charge in [0.1, 0.15) is 0 Å². The van der Waals surface area contributed by atoms with Gasteiger partial charge in [0.15, 0.2) is 0 Å². The maximum absolute atomic E-state index is 2.46. The predicted octanol–water partition coefficient (Wildman–Crippen LogP) is 4.35. The van der Waals surface area contributed by atoms with Gasteiger partial charge in [-0.1, -0.05) is 41.0 Å². The largest absolute Gasteiger partial charge is 0.0628 e. The molecule has 0 heteroatoms. The average molecular weight is 182 g/mol. The van der Waals surface area contributed by atoms with E-state index in [4.69, 9.17) is 0 Å². The normalized spacial score (nSPS) is 40.2. The van der Waals surface area contributed by atoms with E-state index in [1.165, 1.54) is 19.3 Å². The molecule has 1 aliphatic carbocycles. The summed E-state index contributed by atoms with van der Waals surface area (Å²) in [5.74, 6) is 4.80. The Morgan fingerprint density at radius 2 is 1.69 bits per heavy atom. The van der Waals surface area contributed by atoms with Crippen LogP contribution in [0.25, 0.3) is 0 Å². The van der Waals surface area contributed by atoms with Crippen LogP contribution < -0.4 is 0 Å². The van der Waals surface area contributed by atoms with Gasteiger partial charge in [0.2, 0.25) is 0 Å². The highest BCUT2D eigenvalue weighted by atomic mass is 14.4. The van der Waals surface area contributed by atoms with E-state index in [1.54, 1.807) is 0 Å². The lowest BCUT2D eigenvalue weighted by molar-refractivity contribution is 0.312. The summed E-state index contributed by atoms with van der Waals surface area (Å²) in [7, 11) is 0. The van der Waals surface area contributed by atoms with E-state index >= 15 is 0 Å². The van der Waals surface area contributed by atoms with E-state index in [1.807, 2.05) is 0 Å². The number of rotatable bonds is 3. The number of hydrogen-bond donors (Lipinski definition) is 0. The summed E-state index contributed by atoms with van der Waals surface area (Å²) >= 11 is 0. The molecule has 13 heavy (non-hydrogen) atoms. The molecule has 78 valence electrons. The van der Waals surface area contributed by atoms with Crippen LogP contribution in [-0.2, 0) is 0 Å². The van der Waals surface area contributed by atoms with Gasteiger partial charge in [0.25, 0.3) is 0 Å². The van der Waals surface area contributed by atoms with Crippen LogP contribution in [0.5, 0.6) is 0 Å². The Bertz CT molecular complexity index is 148.